The third-order valence-corrected chi connectivity index (χ3v) is 4.20. The van der Waals surface area contributed by atoms with Gasteiger partial charge in [0.2, 0.25) is 0 Å². The topological polar surface area (TPSA) is 30.5 Å². The summed E-state index contributed by atoms with van der Waals surface area (Å²) in [5, 5.41) is 5.60. The summed E-state index contributed by atoms with van der Waals surface area (Å²) in [6.07, 6.45) is 0.143. The first-order chi connectivity index (χ1) is 10.1. The molecule has 1 N–H and O–H groups in total. The highest BCUT2D eigenvalue weighted by atomic mass is 32.1. The predicted octanol–water partition coefficient (Wildman–Crippen LogP) is 4.14. The van der Waals surface area contributed by atoms with Crippen molar-refractivity contribution < 1.29 is 9.47 Å². The molecule has 0 fully saturated rings. The van der Waals surface area contributed by atoms with Gasteiger partial charge in [-0.2, -0.15) is 0 Å². The first kappa shape index (κ1) is 15.9. The van der Waals surface area contributed by atoms with Gasteiger partial charge in [0.1, 0.15) is 0 Å². The second kappa shape index (κ2) is 7.48. The van der Waals surface area contributed by atoms with Gasteiger partial charge in [-0.25, -0.2) is 0 Å². The second-order valence-corrected chi connectivity index (χ2v) is 6.28. The molecule has 2 rings (SSSR count). The van der Waals surface area contributed by atoms with Crippen molar-refractivity contribution >= 4 is 11.3 Å². The minimum absolute atomic E-state index is 0.143. The Kier molecular flexibility index (Phi) is 5.65. The second-order valence-electron chi connectivity index (χ2n) is 5.28. The van der Waals surface area contributed by atoms with Crippen LogP contribution in [0.15, 0.2) is 29.6 Å². The van der Waals surface area contributed by atoms with Crippen molar-refractivity contribution in [3.05, 3.63) is 45.6 Å². The third-order valence-electron chi connectivity index (χ3n) is 3.17. The fourth-order valence-corrected chi connectivity index (χ4v) is 2.95. The lowest BCUT2D eigenvalue weighted by molar-refractivity contribution is 0.230. The molecule has 0 saturated carbocycles. The van der Waals surface area contributed by atoms with Gasteiger partial charge >= 0.3 is 0 Å². The molecule has 0 aliphatic carbocycles. The van der Waals surface area contributed by atoms with Gasteiger partial charge in [-0.05, 0) is 55.5 Å². The van der Waals surface area contributed by atoms with E-state index in [1.165, 1.54) is 16.0 Å². The third kappa shape index (κ3) is 4.48. The molecule has 0 atom stereocenters. The van der Waals surface area contributed by atoms with Gasteiger partial charge in [-0.3, -0.25) is 0 Å². The lowest BCUT2D eigenvalue weighted by atomic mass is 10.2. The fourth-order valence-electron chi connectivity index (χ4n) is 2.08. The summed E-state index contributed by atoms with van der Waals surface area (Å²) in [6, 6.07) is 8.25. The van der Waals surface area contributed by atoms with E-state index in [-0.39, 0.29) is 6.10 Å². The van der Waals surface area contributed by atoms with E-state index in [0.717, 1.165) is 24.6 Å². The molecule has 0 aliphatic heterocycles. The van der Waals surface area contributed by atoms with E-state index in [2.05, 4.69) is 29.8 Å². The van der Waals surface area contributed by atoms with Crippen LogP contribution in [-0.4, -0.2) is 13.2 Å². The van der Waals surface area contributed by atoms with E-state index in [1.807, 2.05) is 26.0 Å². The normalized spacial score (nSPS) is 10.9. The Balaban J connectivity index is 1.96. The average Bonchev–Trinajstić information content (AvgIpc) is 2.85. The van der Waals surface area contributed by atoms with Crippen molar-refractivity contribution in [1.29, 1.82) is 0 Å². The predicted molar refractivity (Wildman–Crippen MR) is 88.4 cm³/mol. The first-order valence-electron chi connectivity index (χ1n) is 7.17. The molecule has 0 aliphatic rings. The Morgan fingerprint density at radius 1 is 1.14 bits per heavy atom. The quantitative estimate of drug-likeness (QED) is 0.834. The number of hydrogen-bond donors (Lipinski definition) is 1. The molecule has 0 bridgehead atoms. The lowest BCUT2D eigenvalue weighted by Gasteiger charge is -2.14. The van der Waals surface area contributed by atoms with Crippen LogP contribution in [0.5, 0.6) is 11.5 Å². The van der Waals surface area contributed by atoms with Crippen molar-refractivity contribution in [3.8, 4) is 11.5 Å². The van der Waals surface area contributed by atoms with Crippen molar-refractivity contribution in [3.63, 3.8) is 0 Å². The van der Waals surface area contributed by atoms with Crippen molar-refractivity contribution in [2.75, 3.05) is 7.11 Å². The molecule has 2 aromatic rings. The first-order valence-corrected chi connectivity index (χ1v) is 8.05. The number of nitrogens with one attached hydrogen (secondary N) is 1. The SMILES string of the molecule is COc1cc(CNCc2sccc2C)ccc1OC(C)C. The van der Waals surface area contributed by atoms with Crippen LogP contribution in [0.1, 0.15) is 29.9 Å². The maximum atomic E-state index is 5.73. The zero-order valence-electron chi connectivity index (χ0n) is 13.1. The molecule has 1 aromatic carbocycles. The minimum atomic E-state index is 0.143. The summed E-state index contributed by atoms with van der Waals surface area (Å²) in [6.45, 7) is 7.89. The zero-order valence-corrected chi connectivity index (χ0v) is 13.9. The molecule has 1 heterocycles. The molecule has 0 saturated heterocycles. The number of rotatable bonds is 7. The van der Waals surface area contributed by atoms with Gasteiger partial charge in [-0.1, -0.05) is 6.07 Å². The van der Waals surface area contributed by atoms with E-state index >= 15 is 0 Å². The molecule has 0 radical (unpaired) electrons. The maximum absolute atomic E-state index is 5.73. The Labute approximate surface area is 130 Å². The van der Waals surface area contributed by atoms with E-state index in [1.54, 1.807) is 18.4 Å². The fraction of sp³-hybridized carbons (Fsp3) is 0.412. The van der Waals surface area contributed by atoms with E-state index in [0.29, 0.717) is 0 Å². The number of ether oxygens (including phenoxy) is 2. The van der Waals surface area contributed by atoms with Crippen LogP contribution in [0.25, 0.3) is 0 Å². The van der Waals surface area contributed by atoms with Crippen LogP contribution < -0.4 is 14.8 Å². The van der Waals surface area contributed by atoms with Crippen LogP contribution in [0, 0.1) is 6.92 Å². The monoisotopic (exact) mass is 305 g/mol. The summed E-state index contributed by atoms with van der Waals surface area (Å²) in [5.41, 5.74) is 2.54. The Morgan fingerprint density at radius 3 is 2.57 bits per heavy atom. The van der Waals surface area contributed by atoms with Gasteiger partial charge < -0.3 is 14.8 Å². The van der Waals surface area contributed by atoms with Crippen molar-refractivity contribution in [2.45, 2.75) is 40.0 Å². The summed E-state index contributed by atoms with van der Waals surface area (Å²) in [4.78, 5) is 1.39. The summed E-state index contributed by atoms with van der Waals surface area (Å²) < 4.78 is 11.1. The van der Waals surface area contributed by atoms with Crippen LogP contribution >= 0.6 is 11.3 Å². The molecule has 21 heavy (non-hydrogen) atoms. The van der Waals surface area contributed by atoms with Crippen LogP contribution in [0.4, 0.5) is 0 Å². The molecule has 0 amide bonds. The summed E-state index contributed by atoms with van der Waals surface area (Å²) >= 11 is 1.79. The molecule has 4 heteroatoms. The van der Waals surface area contributed by atoms with E-state index in [9.17, 15) is 0 Å². The van der Waals surface area contributed by atoms with Gasteiger partial charge in [-0.15, -0.1) is 11.3 Å². The minimum Gasteiger partial charge on any atom is -0.493 e. The zero-order chi connectivity index (χ0) is 15.2. The lowest BCUT2D eigenvalue weighted by Crippen LogP contribution is -2.13. The van der Waals surface area contributed by atoms with Crippen LogP contribution in [0.2, 0.25) is 0 Å². The number of methoxy groups -OCH3 is 1. The molecule has 1 aromatic heterocycles. The van der Waals surface area contributed by atoms with E-state index < -0.39 is 0 Å². The highest BCUT2D eigenvalue weighted by Crippen LogP contribution is 2.29. The largest absolute Gasteiger partial charge is 0.493 e. The summed E-state index contributed by atoms with van der Waals surface area (Å²) in [5.74, 6) is 1.58. The number of aryl methyl sites for hydroxylation is 1. The molecule has 0 unspecified atom stereocenters. The highest BCUT2D eigenvalue weighted by molar-refractivity contribution is 7.10. The van der Waals surface area contributed by atoms with Crippen LogP contribution in [0.3, 0.4) is 0 Å². The smallest absolute Gasteiger partial charge is 0.161 e. The van der Waals surface area contributed by atoms with E-state index in [4.69, 9.17) is 9.47 Å². The van der Waals surface area contributed by atoms with Crippen molar-refractivity contribution in [1.82, 2.24) is 5.32 Å². The summed E-state index contributed by atoms with van der Waals surface area (Å²) in [7, 11) is 1.68. The number of hydrogen-bond acceptors (Lipinski definition) is 4. The Bertz CT molecular complexity index is 578. The molecular weight excluding hydrogens is 282 g/mol. The highest BCUT2D eigenvalue weighted by Gasteiger charge is 2.07. The van der Waals surface area contributed by atoms with Gasteiger partial charge in [0.25, 0.3) is 0 Å². The van der Waals surface area contributed by atoms with Crippen LogP contribution in [-0.2, 0) is 13.1 Å². The molecule has 3 nitrogen and oxygen atoms in total. The van der Waals surface area contributed by atoms with Gasteiger partial charge in [0, 0.05) is 18.0 Å². The van der Waals surface area contributed by atoms with Gasteiger partial charge in [0.05, 0.1) is 13.2 Å². The maximum Gasteiger partial charge on any atom is 0.161 e. The van der Waals surface area contributed by atoms with Crippen molar-refractivity contribution in [2.24, 2.45) is 0 Å². The van der Waals surface area contributed by atoms with Gasteiger partial charge in [0.15, 0.2) is 11.5 Å². The molecule has 0 spiro atoms. The molecule has 114 valence electrons. The average molecular weight is 305 g/mol. The Morgan fingerprint density at radius 2 is 1.95 bits per heavy atom. The molecular formula is C17H23NO2S. The Hall–Kier alpha value is -1.52. The number of thiophene rings is 1. The standard InChI is InChI=1S/C17H23NO2S/c1-12(2)20-15-6-5-14(9-16(15)19-4)10-18-11-17-13(3)7-8-21-17/h5-9,12,18H,10-11H2,1-4H3. The number of benzene rings is 1.